The minimum atomic E-state index is -0.670. The summed E-state index contributed by atoms with van der Waals surface area (Å²) in [5.41, 5.74) is 0. The zero-order valence-electron chi connectivity index (χ0n) is 12.1. The van der Waals surface area contributed by atoms with Gasteiger partial charge in [0, 0.05) is 0 Å². The number of hydrogen-bond acceptors (Lipinski definition) is 4. The van der Waals surface area contributed by atoms with Gasteiger partial charge in [-0.2, -0.15) is 0 Å². The molecule has 110 valence electrons. The summed E-state index contributed by atoms with van der Waals surface area (Å²) < 4.78 is 16.4. The summed E-state index contributed by atoms with van der Waals surface area (Å²) in [4.78, 5) is 13.3. The first kappa shape index (κ1) is 14.7. The molecule has 0 fully saturated rings. The molecular formula is C15H22NO4+. The number of rotatable bonds is 6. The fraction of sp³-hybridized carbons (Fsp3) is 0.533. The molecule has 0 bridgehead atoms. The van der Waals surface area contributed by atoms with Gasteiger partial charge in [0.05, 0.1) is 13.1 Å². The van der Waals surface area contributed by atoms with Crippen molar-refractivity contribution >= 4 is 5.97 Å². The lowest BCUT2D eigenvalue weighted by molar-refractivity contribution is -0.896. The van der Waals surface area contributed by atoms with Crippen LogP contribution in [0.2, 0.25) is 0 Å². The standard InChI is InChI=1S/C15H21NO4/c1-3-16(4-2)9-10-18-15(17)14-11-19-12-7-5-6-8-13(12)20-14/h5-8,14H,3-4,9-11H2,1-2H3/p+1/t14-/m1/s1. The van der Waals surface area contributed by atoms with Crippen LogP contribution >= 0.6 is 0 Å². The second-order valence-corrected chi connectivity index (χ2v) is 4.74. The van der Waals surface area contributed by atoms with E-state index in [1.54, 1.807) is 6.07 Å². The Kier molecular flexibility index (Phi) is 5.24. The second kappa shape index (κ2) is 7.14. The van der Waals surface area contributed by atoms with Crippen molar-refractivity contribution in [3.05, 3.63) is 24.3 Å². The zero-order valence-corrected chi connectivity index (χ0v) is 12.1. The van der Waals surface area contributed by atoms with Crippen molar-refractivity contribution < 1.29 is 23.9 Å². The number of carbonyl (C=O) groups excluding carboxylic acids is 1. The van der Waals surface area contributed by atoms with Gasteiger partial charge in [-0.25, -0.2) is 4.79 Å². The highest BCUT2D eigenvalue weighted by atomic mass is 16.6. The first-order chi connectivity index (χ1) is 9.74. The summed E-state index contributed by atoms with van der Waals surface area (Å²) in [5, 5.41) is 0. The monoisotopic (exact) mass is 280 g/mol. The number of quaternary nitrogens is 1. The van der Waals surface area contributed by atoms with Crippen LogP contribution in [0.3, 0.4) is 0 Å². The number of para-hydroxylation sites is 2. The summed E-state index contributed by atoms with van der Waals surface area (Å²) in [7, 11) is 0. The van der Waals surface area contributed by atoms with Crippen LogP contribution in [0.15, 0.2) is 24.3 Å². The number of esters is 1. The molecule has 0 aromatic heterocycles. The van der Waals surface area contributed by atoms with E-state index in [1.807, 2.05) is 18.2 Å². The molecule has 20 heavy (non-hydrogen) atoms. The molecule has 0 unspecified atom stereocenters. The van der Waals surface area contributed by atoms with Crippen molar-refractivity contribution in [2.75, 3.05) is 32.8 Å². The summed E-state index contributed by atoms with van der Waals surface area (Å²) >= 11 is 0. The molecule has 1 heterocycles. The van der Waals surface area contributed by atoms with E-state index in [2.05, 4.69) is 13.8 Å². The van der Waals surface area contributed by atoms with Crippen molar-refractivity contribution in [2.24, 2.45) is 0 Å². The second-order valence-electron chi connectivity index (χ2n) is 4.74. The first-order valence-corrected chi connectivity index (χ1v) is 7.13. The molecular weight excluding hydrogens is 258 g/mol. The molecule has 0 aliphatic carbocycles. The Balaban J connectivity index is 1.80. The van der Waals surface area contributed by atoms with Crippen LogP contribution in [-0.2, 0) is 9.53 Å². The molecule has 1 aliphatic rings. The Morgan fingerprint density at radius 2 is 2.00 bits per heavy atom. The van der Waals surface area contributed by atoms with Gasteiger partial charge in [-0.15, -0.1) is 0 Å². The van der Waals surface area contributed by atoms with E-state index in [1.165, 1.54) is 4.90 Å². The lowest BCUT2D eigenvalue weighted by Crippen LogP contribution is -3.11. The maximum absolute atomic E-state index is 11.9. The Morgan fingerprint density at radius 3 is 2.70 bits per heavy atom. The SMILES string of the molecule is CC[NH+](CC)CCOC(=O)[C@H]1COc2ccccc2O1. The van der Waals surface area contributed by atoms with E-state index in [4.69, 9.17) is 14.2 Å². The number of ether oxygens (including phenoxy) is 3. The predicted octanol–water partition coefficient (Wildman–Crippen LogP) is 0.294. The van der Waals surface area contributed by atoms with Gasteiger partial charge in [0.15, 0.2) is 11.5 Å². The van der Waals surface area contributed by atoms with E-state index in [-0.39, 0.29) is 12.6 Å². The smallest absolute Gasteiger partial charge is 0.351 e. The van der Waals surface area contributed by atoms with Crippen LogP contribution in [0.4, 0.5) is 0 Å². The molecule has 0 saturated carbocycles. The number of likely N-dealkylation sites (N-methyl/N-ethyl adjacent to an activating group) is 1. The van der Waals surface area contributed by atoms with Gasteiger partial charge in [0.2, 0.25) is 6.10 Å². The average Bonchev–Trinajstić information content (AvgIpc) is 2.51. The van der Waals surface area contributed by atoms with Gasteiger partial charge in [0.1, 0.15) is 19.8 Å². The molecule has 2 rings (SSSR count). The zero-order chi connectivity index (χ0) is 14.4. The van der Waals surface area contributed by atoms with Crippen LogP contribution in [0.1, 0.15) is 13.8 Å². The lowest BCUT2D eigenvalue weighted by atomic mass is 10.2. The number of nitrogens with one attached hydrogen (secondary N) is 1. The van der Waals surface area contributed by atoms with Crippen LogP contribution in [0.25, 0.3) is 0 Å². The van der Waals surface area contributed by atoms with Crippen molar-refractivity contribution in [1.82, 2.24) is 0 Å². The highest BCUT2D eigenvalue weighted by Crippen LogP contribution is 2.30. The van der Waals surface area contributed by atoms with Gasteiger partial charge < -0.3 is 19.1 Å². The number of benzene rings is 1. The van der Waals surface area contributed by atoms with E-state index in [9.17, 15) is 4.79 Å². The van der Waals surface area contributed by atoms with Gasteiger partial charge in [0.25, 0.3) is 0 Å². The number of carbonyl (C=O) groups is 1. The molecule has 5 nitrogen and oxygen atoms in total. The molecule has 1 aliphatic heterocycles. The Labute approximate surface area is 119 Å². The molecule has 1 atom stereocenters. The van der Waals surface area contributed by atoms with Crippen LogP contribution < -0.4 is 14.4 Å². The third kappa shape index (κ3) is 3.63. The summed E-state index contributed by atoms with van der Waals surface area (Å²) in [6, 6.07) is 7.32. The van der Waals surface area contributed by atoms with E-state index in [0.717, 1.165) is 19.6 Å². The van der Waals surface area contributed by atoms with E-state index in [0.29, 0.717) is 18.1 Å². The maximum Gasteiger partial charge on any atom is 0.351 e. The summed E-state index contributed by atoms with van der Waals surface area (Å²) in [6.45, 7) is 7.74. The molecule has 1 aromatic carbocycles. The van der Waals surface area contributed by atoms with Gasteiger partial charge in [-0.1, -0.05) is 12.1 Å². The molecule has 0 amide bonds. The van der Waals surface area contributed by atoms with E-state index < -0.39 is 6.10 Å². The third-order valence-corrected chi connectivity index (χ3v) is 3.47. The third-order valence-electron chi connectivity index (χ3n) is 3.47. The number of hydrogen-bond donors (Lipinski definition) is 1. The Bertz CT molecular complexity index is 445. The van der Waals surface area contributed by atoms with Crippen molar-refractivity contribution in [2.45, 2.75) is 20.0 Å². The van der Waals surface area contributed by atoms with Gasteiger partial charge >= 0.3 is 5.97 Å². The fourth-order valence-electron chi connectivity index (χ4n) is 2.13. The predicted molar refractivity (Wildman–Crippen MR) is 74.2 cm³/mol. The van der Waals surface area contributed by atoms with Crippen LogP contribution in [-0.4, -0.2) is 44.9 Å². The van der Waals surface area contributed by atoms with Crippen LogP contribution in [0, 0.1) is 0 Å². The quantitative estimate of drug-likeness (QED) is 0.761. The largest absolute Gasteiger partial charge is 0.485 e. The molecule has 5 heteroatoms. The topological polar surface area (TPSA) is 49.2 Å². The summed E-state index contributed by atoms with van der Waals surface area (Å²) in [6.07, 6.45) is -0.670. The van der Waals surface area contributed by atoms with Gasteiger partial charge in [-0.3, -0.25) is 0 Å². The molecule has 0 radical (unpaired) electrons. The first-order valence-electron chi connectivity index (χ1n) is 7.13. The number of fused-ring (bicyclic) bond motifs is 1. The summed E-state index contributed by atoms with van der Waals surface area (Å²) in [5.74, 6) is 0.908. The minimum Gasteiger partial charge on any atom is -0.485 e. The normalized spacial score (nSPS) is 17.1. The molecule has 0 saturated heterocycles. The Morgan fingerprint density at radius 1 is 1.30 bits per heavy atom. The van der Waals surface area contributed by atoms with Crippen molar-refractivity contribution in [3.63, 3.8) is 0 Å². The van der Waals surface area contributed by atoms with Crippen LogP contribution in [0.5, 0.6) is 11.5 Å². The average molecular weight is 280 g/mol. The minimum absolute atomic E-state index is 0.202. The maximum atomic E-state index is 11.9. The Hall–Kier alpha value is -1.75. The lowest BCUT2D eigenvalue weighted by Gasteiger charge is -2.25. The molecule has 0 spiro atoms. The van der Waals surface area contributed by atoms with Crippen molar-refractivity contribution in [3.8, 4) is 11.5 Å². The van der Waals surface area contributed by atoms with Gasteiger partial charge in [-0.05, 0) is 26.0 Å². The highest BCUT2D eigenvalue weighted by Gasteiger charge is 2.28. The molecule has 1 aromatic rings. The fourth-order valence-corrected chi connectivity index (χ4v) is 2.13. The van der Waals surface area contributed by atoms with E-state index >= 15 is 0 Å². The highest BCUT2D eigenvalue weighted by molar-refractivity contribution is 5.75. The van der Waals surface area contributed by atoms with Crippen molar-refractivity contribution in [1.29, 1.82) is 0 Å². The molecule has 1 N–H and O–H groups in total.